The normalized spacial score (nSPS) is 12.2. The van der Waals surface area contributed by atoms with E-state index in [0.29, 0.717) is 15.8 Å². The van der Waals surface area contributed by atoms with E-state index in [-0.39, 0.29) is 6.04 Å². The van der Waals surface area contributed by atoms with Crippen LogP contribution >= 0.6 is 23.2 Å². The maximum atomic E-state index is 6.05. The van der Waals surface area contributed by atoms with Gasteiger partial charge in [0.05, 0.1) is 5.02 Å². The number of benzene rings is 2. The van der Waals surface area contributed by atoms with Crippen molar-refractivity contribution < 1.29 is 4.74 Å². The number of halogens is 2. The maximum Gasteiger partial charge on any atom is 0.146 e. The molecule has 100 valence electrons. The molecule has 2 aromatic rings. The summed E-state index contributed by atoms with van der Waals surface area (Å²) < 4.78 is 5.70. The van der Waals surface area contributed by atoms with Crippen LogP contribution in [0.4, 0.5) is 0 Å². The zero-order valence-electron chi connectivity index (χ0n) is 10.6. The fourth-order valence-electron chi connectivity index (χ4n) is 1.70. The van der Waals surface area contributed by atoms with Gasteiger partial charge in [-0.2, -0.15) is 0 Å². The topological polar surface area (TPSA) is 35.2 Å². The first kappa shape index (κ1) is 14.2. The van der Waals surface area contributed by atoms with Crippen molar-refractivity contribution in [1.82, 2.24) is 0 Å². The second kappa shape index (κ2) is 6.29. The number of rotatable bonds is 4. The van der Waals surface area contributed by atoms with Gasteiger partial charge in [-0.1, -0.05) is 42.3 Å². The molecule has 0 amide bonds. The molecule has 0 heterocycles. The molecule has 0 saturated heterocycles. The minimum atomic E-state index is 0.0631. The minimum absolute atomic E-state index is 0.0631. The molecule has 19 heavy (non-hydrogen) atoms. The Morgan fingerprint density at radius 3 is 2.37 bits per heavy atom. The summed E-state index contributed by atoms with van der Waals surface area (Å²) in [7, 11) is 0. The SMILES string of the molecule is CC[C@@H](N)c1ccc(Oc2ccc(Cl)cc2Cl)cc1. The minimum Gasteiger partial charge on any atom is -0.456 e. The Bertz CT molecular complexity index is 555. The molecule has 0 radical (unpaired) electrons. The highest BCUT2D eigenvalue weighted by Gasteiger charge is 2.06. The van der Waals surface area contributed by atoms with Crippen LogP contribution in [0.5, 0.6) is 11.5 Å². The fraction of sp³-hybridized carbons (Fsp3) is 0.200. The average molecular weight is 296 g/mol. The quantitative estimate of drug-likeness (QED) is 0.842. The molecule has 1 atom stereocenters. The molecule has 0 bridgehead atoms. The number of nitrogens with two attached hydrogens (primary N) is 1. The Morgan fingerprint density at radius 2 is 1.79 bits per heavy atom. The van der Waals surface area contributed by atoms with Crippen LogP contribution in [0, 0.1) is 0 Å². The summed E-state index contributed by atoms with van der Waals surface area (Å²) in [5.41, 5.74) is 7.06. The van der Waals surface area contributed by atoms with Crippen molar-refractivity contribution in [1.29, 1.82) is 0 Å². The Hall–Kier alpha value is -1.22. The highest BCUT2D eigenvalue weighted by atomic mass is 35.5. The molecule has 2 N–H and O–H groups in total. The molecule has 0 aliphatic rings. The van der Waals surface area contributed by atoms with Crippen LogP contribution in [0.1, 0.15) is 24.9 Å². The van der Waals surface area contributed by atoms with E-state index in [1.807, 2.05) is 24.3 Å². The van der Waals surface area contributed by atoms with Crippen molar-refractivity contribution in [3.63, 3.8) is 0 Å². The lowest BCUT2D eigenvalue weighted by Gasteiger charge is -2.11. The van der Waals surface area contributed by atoms with Crippen LogP contribution in [0.2, 0.25) is 10.0 Å². The van der Waals surface area contributed by atoms with Crippen molar-refractivity contribution >= 4 is 23.2 Å². The predicted molar refractivity (Wildman–Crippen MR) is 80.2 cm³/mol. The van der Waals surface area contributed by atoms with Crippen molar-refractivity contribution in [3.05, 3.63) is 58.1 Å². The van der Waals surface area contributed by atoms with Gasteiger partial charge in [-0.05, 0) is 42.3 Å². The highest BCUT2D eigenvalue weighted by Crippen LogP contribution is 2.31. The third-order valence-corrected chi connectivity index (χ3v) is 3.40. The van der Waals surface area contributed by atoms with E-state index < -0.39 is 0 Å². The van der Waals surface area contributed by atoms with E-state index in [2.05, 4.69) is 6.92 Å². The Morgan fingerprint density at radius 1 is 1.11 bits per heavy atom. The van der Waals surface area contributed by atoms with E-state index in [1.54, 1.807) is 18.2 Å². The third-order valence-electron chi connectivity index (χ3n) is 2.87. The van der Waals surface area contributed by atoms with E-state index in [1.165, 1.54) is 0 Å². The van der Waals surface area contributed by atoms with E-state index in [4.69, 9.17) is 33.7 Å². The monoisotopic (exact) mass is 295 g/mol. The van der Waals surface area contributed by atoms with Crippen LogP contribution in [0.3, 0.4) is 0 Å². The lowest BCUT2D eigenvalue weighted by Crippen LogP contribution is -2.07. The average Bonchev–Trinajstić information content (AvgIpc) is 2.42. The summed E-state index contributed by atoms with van der Waals surface area (Å²) >= 11 is 11.9. The molecule has 2 aromatic carbocycles. The largest absolute Gasteiger partial charge is 0.456 e. The van der Waals surface area contributed by atoms with Crippen LogP contribution in [0.25, 0.3) is 0 Å². The number of hydrogen-bond acceptors (Lipinski definition) is 2. The lowest BCUT2D eigenvalue weighted by atomic mass is 10.1. The Kier molecular flexibility index (Phi) is 4.70. The van der Waals surface area contributed by atoms with Gasteiger partial charge in [0.15, 0.2) is 0 Å². The first-order valence-corrected chi connectivity index (χ1v) is 6.84. The number of ether oxygens (including phenoxy) is 1. The zero-order valence-corrected chi connectivity index (χ0v) is 12.1. The zero-order chi connectivity index (χ0) is 13.8. The summed E-state index contributed by atoms with van der Waals surface area (Å²) in [5, 5.41) is 1.07. The molecule has 0 saturated carbocycles. The number of hydrogen-bond donors (Lipinski definition) is 1. The van der Waals surface area contributed by atoms with Gasteiger partial charge in [0, 0.05) is 11.1 Å². The van der Waals surface area contributed by atoms with Crippen molar-refractivity contribution in [2.45, 2.75) is 19.4 Å². The smallest absolute Gasteiger partial charge is 0.146 e. The standard InChI is InChI=1S/C15H15Cl2NO/c1-2-14(18)10-3-6-12(7-4-10)19-15-8-5-11(16)9-13(15)17/h3-9,14H,2,18H2,1H3/t14-/m1/s1. The van der Waals surface area contributed by atoms with Crippen LogP contribution < -0.4 is 10.5 Å². The highest BCUT2D eigenvalue weighted by molar-refractivity contribution is 6.35. The molecule has 2 nitrogen and oxygen atoms in total. The van der Waals surface area contributed by atoms with Gasteiger partial charge in [-0.15, -0.1) is 0 Å². The van der Waals surface area contributed by atoms with Crippen molar-refractivity contribution in [2.75, 3.05) is 0 Å². The van der Waals surface area contributed by atoms with Gasteiger partial charge in [0.25, 0.3) is 0 Å². The van der Waals surface area contributed by atoms with Gasteiger partial charge in [0.2, 0.25) is 0 Å². The third kappa shape index (κ3) is 3.63. The van der Waals surface area contributed by atoms with E-state index in [0.717, 1.165) is 17.7 Å². The predicted octanol–water partition coefficient (Wildman–Crippen LogP) is 5.20. The summed E-state index contributed by atoms with van der Waals surface area (Å²) in [4.78, 5) is 0. The molecule has 0 fully saturated rings. The molecule has 2 rings (SSSR count). The summed E-state index contributed by atoms with van der Waals surface area (Å²) in [6.07, 6.45) is 0.906. The summed E-state index contributed by atoms with van der Waals surface area (Å²) in [6.45, 7) is 2.06. The molecule has 0 aliphatic carbocycles. The first-order chi connectivity index (χ1) is 9.10. The van der Waals surface area contributed by atoms with Gasteiger partial charge in [-0.3, -0.25) is 0 Å². The van der Waals surface area contributed by atoms with Crippen LogP contribution in [0.15, 0.2) is 42.5 Å². The lowest BCUT2D eigenvalue weighted by molar-refractivity contribution is 0.482. The second-order valence-electron chi connectivity index (χ2n) is 4.26. The fourth-order valence-corrected chi connectivity index (χ4v) is 2.15. The van der Waals surface area contributed by atoms with Gasteiger partial charge >= 0.3 is 0 Å². The first-order valence-electron chi connectivity index (χ1n) is 6.08. The van der Waals surface area contributed by atoms with E-state index >= 15 is 0 Å². The molecule has 4 heteroatoms. The molecule has 0 unspecified atom stereocenters. The van der Waals surface area contributed by atoms with Crippen molar-refractivity contribution in [3.8, 4) is 11.5 Å². The maximum absolute atomic E-state index is 6.05. The molecular formula is C15H15Cl2NO. The second-order valence-corrected chi connectivity index (χ2v) is 5.10. The Balaban J connectivity index is 2.15. The molecule has 0 spiro atoms. The Labute approximate surface area is 123 Å². The van der Waals surface area contributed by atoms with Crippen molar-refractivity contribution in [2.24, 2.45) is 5.73 Å². The van der Waals surface area contributed by atoms with Crippen LogP contribution in [-0.4, -0.2) is 0 Å². The van der Waals surface area contributed by atoms with Gasteiger partial charge in [-0.25, -0.2) is 0 Å². The molecule has 0 aromatic heterocycles. The summed E-state index contributed by atoms with van der Waals surface area (Å²) in [6, 6.07) is 12.9. The molecular weight excluding hydrogens is 281 g/mol. The van der Waals surface area contributed by atoms with E-state index in [9.17, 15) is 0 Å². The van der Waals surface area contributed by atoms with Gasteiger partial charge < -0.3 is 10.5 Å². The van der Waals surface area contributed by atoms with Crippen LogP contribution in [-0.2, 0) is 0 Å². The van der Waals surface area contributed by atoms with Gasteiger partial charge in [0.1, 0.15) is 11.5 Å². The molecule has 0 aliphatic heterocycles. The summed E-state index contributed by atoms with van der Waals surface area (Å²) in [5.74, 6) is 1.30.